The predicted octanol–water partition coefficient (Wildman–Crippen LogP) is 4.22. The van der Waals surface area contributed by atoms with Crippen molar-refractivity contribution in [3.8, 4) is 0 Å². The molecule has 0 fully saturated rings. The van der Waals surface area contributed by atoms with Gasteiger partial charge in [-0.1, -0.05) is 11.6 Å². The summed E-state index contributed by atoms with van der Waals surface area (Å²) in [5.41, 5.74) is 0.154. The minimum atomic E-state index is -1.75. The quantitative estimate of drug-likeness (QED) is 0.289. The summed E-state index contributed by atoms with van der Waals surface area (Å²) in [5.74, 6) is -6.12. The van der Waals surface area contributed by atoms with Gasteiger partial charge in [-0.25, -0.2) is 18.7 Å². The summed E-state index contributed by atoms with van der Waals surface area (Å²) in [6.45, 7) is 0. The molecule has 1 amide bonds. The molecule has 0 saturated carbocycles. The fraction of sp³-hybridized carbons (Fsp3) is 0. The van der Waals surface area contributed by atoms with Crippen LogP contribution in [0.3, 0.4) is 0 Å². The van der Waals surface area contributed by atoms with Crippen molar-refractivity contribution in [2.45, 2.75) is 0 Å². The third-order valence-electron chi connectivity index (χ3n) is 2.70. The van der Waals surface area contributed by atoms with Crippen LogP contribution in [0.25, 0.3) is 0 Å². The molecule has 0 aliphatic heterocycles. The van der Waals surface area contributed by atoms with Gasteiger partial charge in [0, 0.05) is 3.57 Å². The van der Waals surface area contributed by atoms with E-state index in [4.69, 9.17) is 16.8 Å². The van der Waals surface area contributed by atoms with E-state index in [1.165, 1.54) is 11.5 Å². The topological polar surface area (TPSA) is 61.4 Å². The molecule has 2 aromatic carbocycles. The monoisotopic (exact) mass is 442 g/mol. The van der Waals surface area contributed by atoms with Crippen molar-refractivity contribution >= 4 is 51.5 Å². The molecule has 3 N–H and O–H groups in total. The predicted molar refractivity (Wildman–Crippen MR) is 83.0 cm³/mol. The minimum Gasteiger partial charge on any atom is -0.351 e. The van der Waals surface area contributed by atoms with Gasteiger partial charge in [0.1, 0.15) is 0 Å². The normalized spacial score (nSPS) is 10.5. The van der Waals surface area contributed by atoms with E-state index in [1.807, 2.05) is 22.6 Å². The number of nitrogens with one attached hydrogen (secondary N) is 2. The Bertz CT molecular complexity index is 759. The molecule has 0 heterocycles. The second kappa shape index (κ2) is 6.71. The maximum absolute atomic E-state index is 13.9. The molecule has 0 unspecified atom stereocenters. The average Bonchev–Trinajstić information content (AvgIpc) is 2.49. The molecule has 22 heavy (non-hydrogen) atoms. The van der Waals surface area contributed by atoms with Crippen LogP contribution in [0.2, 0.25) is 5.02 Å². The van der Waals surface area contributed by atoms with Gasteiger partial charge < -0.3 is 5.32 Å². The molecule has 2 aromatic rings. The molecule has 0 atom stereocenters. The molecule has 0 aliphatic carbocycles. The molecular formula is C13H7ClF3IN2O2. The Labute approximate surface area is 141 Å². The van der Waals surface area contributed by atoms with Crippen molar-refractivity contribution in [3.63, 3.8) is 0 Å². The van der Waals surface area contributed by atoms with E-state index in [-0.39, 0.29) is 10.7 Å². The van der Waals surface area contributed by atoms with E-state index in [0.29, 0.717) is 6.07 Å². The summed E-state index contributed by atoms with van der Waals surface area (Å²) in [5, 5.41) is 11.2. The number of carbonyl (C=O) groups is 1. The van der Waals surface area contributed by atoms with E-state index < -0.39 is 34.6 Å². The summed E-state index contributed by atoms with van der Waals surface area (Å²) in [6.07, 6.45) is 0. The molecule has 4 nitrogen and oxygen atoms in total. The molecule has 0 bridgehead atoms. The summed E-state index contributed by atoms with van der Waals surface area (Å²) in [4.78, 5) is 11.5. The molecule has 0 aromatic heterocycles. The average molecular weight is 443 g/mol. The van der Waals surface area contributed by atoms with Crippen LogP contribution in [0.4, 0.5) is 24.5 Å². The lowest BCUT2D eigenvalue weighted by Gasteiger charge is -2.14. The van der Waals surface area contributed by atoms with Crippen molar-refractivity contribution in [2.75, 3.05) is 5.32 Å². The van der Waals surface area contributed by atoms with Gasteiger partial charge in [0.2, 0.25) is 0 Å². The van der Waals surface area contributed by atoms with Gasteiger partial charge in [0.15, 0.2) is 17.5 Å². The smallest absolute Gasteiger partial charge is 0.276 e. The van der Waals surface area contributed by atoms with Crippen molar-refractivity contribution in [1.82, 2.24) is 5.48 Å². The van der Waals surface area contributed by atoms with Crippen LogP contribution in [-0.2, 0) is 0 Å². The molecule has 0 aliphatic rings. The largest absolute Gasteiger partial charge is 0.351 e. The number of hydrogen-bond donors (Lipinski definition) is 3. The van der Waals surface area contributed by atoms with Crippen LogP contribution in [0, 0.1) is 21.0 Å². The van der Waals surface area contributed by atoms with Crippen LogP contribution in [-0.4, -0.2) is 11.1 Å². The summed E-state index contributed by atoms with van der Waals surface area (Å²) >= 11 is 7.96. The lowest BCUT2D eigenvalue weighted by Crippen LogP contribution is -2.21. The highest BCUT2D eigenvalue weighted by Crippen LogP contribution is 2.32. The van der Waals surface area contributed by atoms with Crippen LogP contribution in [0.5, 0.6) is 0 Å². The Hall–Kier alpha value is -1.52. The lowest BCUT2D eigenvalue weighted by molar-refractivity contribution is 0.0706. The van der Waals surface area contributed by atoms with Gasteiger partial charge >= 0.3 is 0 Å². The number of carbonyl (C=O) groups excluding carboxylic acids is 1. The number of benzene rings is 2. The number of hydroxylamine groups is 1. The zero-order valence-electron chi connectivity index (χ0n) is 10.6. The summed E-state index contributed by atoms with van der Waals surface area (Å²) in [6, 6.07) is 5.13. The molecule has 0 spiro atoms. The van der Waals surface area contributed by atoms with Gasteiger partial charge in [0.05, 0.1) is 22.0 Å². The Morgan fingerprint density at radius 3 is 2.45 bits per heavy atom. The highest BCUT2D eigenvalue weighted by molar-refractivity contribution is 14.1. The van der Waals surface area contributed by atoms with Gasteiger partial charge in [-0.15, -0.1) is 0 Å². The fourth-order valence-corrected chi connectivity index (χ4v) is 2.59. The second-order valence-corrected chi connectivity index (χ2v) is 5.75. The van der Waals surface area contributed by atoms with Crippen molar-refractivity contribution in [3.05, 3.63) is 55.9 Å². The minimum absolute atomic E-state index is 0.180. The number of halogens is 5. The lowest BCUT2D eigenvalue weighted by atomic mass is 10.1. The zero-order chi connectivity index (χ0) is 16.4. The first kappa shape index (κ1) is 16.8. The Morgan fingerprint density at radius 2 is 1.86 bits per heavy atom. The Balaban J connectivity index is 2.58. The van der Waals surface area contributed by atoms with E-state index in [2.05, 4.69) is 5.32 Å². The van der Waals surface area contributed by atoms with Gasteiger partial charge in [0.25, 0.3) is 5.91 Å². The Morgan fingerprint density at radius 1 is 1.18 bits per heavy atom. The highest BCUT2D eigenvalue weighted by Gasteiger charge is 2.23. The van der Waals surface area contributed by atoms with Gasteiger partial charge in [-0.05, 0) is 46.9 Å². The van der Waals surface area contributed by atoms with Crippen molar-refractivity contribution in [2.24, 2.45) is 0 Å². The SMILES string of the molecule is O=C(NO)c1cc(F)c(F)c(F)c1Nc1ccc(I)cc1Cl. The molecule has 0 saturated heterocycles. The van der Waals surface area contributed by atoms with Gasteiger partial charge in [-0.2, -0.15) is 0 Å². The van der Waals surface area contributed by atoms with E-state index in [0.717, 1.165) is 3.57 Å². The van der Waals surface area contributed by atoms with Crippen LogP contribution in [0.1, 0.15) is 10.4 Å². The zero-order valence-corrected chi connectivity index (χ0v) is 13.5. The standard InChI is InChI=1S/C13H7ClF3IN2O2/c14-7-3-5(18)1-2-9(7)19-12-6(13(21)20-22)4-8(15)10(16)11(12)17/h1-4,19,22H,(H,20,21). The fourth-order valence-electron chi connectivity index (χ4n) is 1.68. The molecule has 116 valence electrons. The van der Waals surface area contributed by atoms with Crippen LogP contribution in [0.15, 0.2) is 24.3 Å². The first-order chi connectivity index (χ1) is 10.3. The van der Waals surface area contributed by atoms with Crippen LogP contribution < -0.4 is 10.8 Å². The summed E-state index contributed by atoms with van der Waals surface area (Å²) < 4.78 is 41.4. The van der Waals surface area contributed by atoms with E-state index in [1.54, 1.807) is 12.1 Å². The number of anilines is 2. The van der Waals surface area contributed by atoms with Crippen molar-refractivity contribution < 1.29 is 23.2 Å². The first-order valence-electron chi connectivity index (χ1n) is 5.69. The third-order valence-corrected chi connectivity index (χ3v) is 3.68. The maximum atomic E-state index is 13.9. The third kappa shape index (κ3) is 3.28. The number of amides is 1. The Kier molecular flexibility index (Phi) is 5.14. The van der Waals surface area contributed by atoms with Gasteiger partial charge in [-0.3, -0.25) is 10.0 Å². The highest BCUT2D eigenvalue weighted by atomic mass is 127. The summed E-state index contributed by atoms with van der Waals surface area (Å²) in [7, 11) is 0. The first-order valence-corrected chi connectivity index (χ1v) is 7.14. The maximum Gasteiger partial charge on any atom is 0.276 e. The second-order valence-electron chi connectivity index (χ2n) is 4.10. The van der Waals surface area contributed by atoms with Crippen LogP contribution >= 0.6 is 34.2 Å². The van der Waals surface area contributed by atoms with E-state index in [9.17, 15) is 18.0 Å². The van der Waals surface area contributed by atoms with E-state index >= 15 is 0 Å². The molecule has 9 heteroatoms. The number of rotatable bonds is 3. The number of hydrogen-bond acceptors (Lipinski definition) is 3. The molecule has 0 radical (unpaired) electrons. The molecule has 2 rings (SSSR count). The van der Waals surface area contributed by atoms with Crippen molar-refractivity contribution in [1.29, 1.82) is 0 Å². The molecular weight excluding hydrogens is 436 g/mol.